The van der Waals surface area contributed by atoms with Gasteiger partial charge in [-0.15, -0.1) is 0 Å². The van der Waals surface area contributed by atoms with Crippen LogP contribution >= 0.6 is 15.9 Å². The maximum Gasteiger partial charge on any atom is 0.339 e. The molecule has 3 aromatic carbocycles. The van der Waals surface area contributed by atoms with Crippen LogP contribution in [0.4, 0.5) is 22.0 Å². The largest absolute Gasteiger partial charge is 0.372 e. The second-order valence-corrected chi connectivity index (χ2v) is 9.56. The first-order valence-electron chi connectivity index (χ1n) is 9.30. The van der Waals surface area contributed by atoms with Crippen molar-refractivity contribution in [2.24, 2.45) is 0 Å². The SMILES string of the molecule is Cc1cc(Br)ccc1-n1c(=O)ccc2cc(S(=O)(=O)Oc3c(F)c(F)c(F)c(F)c3F)ccc21. The molecular formula is C22H11BrF5NO4S. The van der Waals surface area contributed by atoms with Crippen LogP contribution in [0.25, 0.3) is 16.6 Å². The third-order valence-corrected chi connectivity index (χ3v) is 6.63. The average Bonchev–Trinajstić information content (AvgIpc) is 2.79. The normalized spacial score (nSPS) is 11.7. The number of pyridine rings is 1. The van der Waals surface area contributed by atoms with Crippen LogP contribution in [-0.4, -0.2) is 13.0 Å². The van der Waals surface area contributed by atoms with E-state index < -0.39 is 55.4 Å². The second kappa shape index (κ2) is 8.51. The molecule has 0 fully saturated rings. The number of fused-ring (bicyclic) bond motifs is 1. The molecule has 0 radical (unpaired) electrons. The Morgan fingerprint density at radius 2 is 1.44 bits per heavy atom. The van der Waals surface area contributed by atoms with Crippen LogP contribution in [0, 0.1) is 36.0 Å². The lowest BCUT2D eigenvalue weighted by molar-refractivity contribution is 0.346. The Bertz CT molecular complexity index is 1620. The van der Waals surface area contributed by atoms with Crippen LogP contribution in [0.15, 0.2) is 62.7 Å². The van der Waals surface area contributed by atoms with E-state index >= 15 is 0 Å². The predicted octanol–water partition coefficient (Wildman–Crippen LogP) is 5.52. The van der Waals surface area contributed by atoms with Crippen molar-refractivity contribution in [1.29, 1.82) is 0 Å². The third-order valence-electron chi connectivity index (χ3n) is 4.92. The zero-order valence-corrected chi connectivity index (χ0v) is 19.3. The van der Waals surface area contributed by atoms with E-state index in [2.05, 4.69) is 20.1 Å². The van der Waals surface area contributed by atoms with E-state index in [4.69, 9.17) is 0 Å². The number of rotatable bonds is 4. The molecule has 0 atom stereocenters. The van der Waals surface area contributed by atoms with E-state index in [1.807, 2.05) is 0 Å². The highest BCUT2D eigenvalue weighted by Gasteiger charge is 2.31. The molecule has 4 aromatic rings. The minimum atomic E-state index is -5.03. The number of nitrogens with zero attached hydrogens (tertiary/aromatic N) is 1. The van der Waals surface area contributed by atoms with E-state index in [9.17, 15) is 35.2 Å². The molecule has 0 saturated heterocycles. The molecule has 4 rings (SSSR count). The molecule has 0 aliphatic carbocycles. The first-order chi connectivity index (χ1) is 15.9. The van der Waals surface area contributed by atoms with Gasteiger partial charge >= 0.3 is 10.1 Å². The van der Waals surface area contributed by atoms with Crippen molar-refractivity contribution in [2.45, 2.75) is 11.8 Å². The van der Waals surface area contributed by atoms with Crippen LogP contribution in [0.3, 0.4) is 0 Å². The van der Waals surface area contributed by atoms with Gasteiger partial charge in [-0.05, 0) is 55.0 Å². The van der Waals surface area contributed by atoms with Gasteiger partial charge in [-0.1, -0.05) is 15.9 Å². The molecule has 0 N–H and O–H groups in total. The molecule has 0 aliphatic rings. The van der Waals surface area contributed by atoms with Crippen molar-refractivity contribution in [3.05, 3.63) is 98.0 Å². The summed E-state index contributed by atoms with van der Waals surface area (Å²) < 4.78 is 99.5. The molecule has 176 valence electrons. The summed E-state index contributed by atoms with van der Waals surface area (Å²) in [5.74, 6) is -14.0. The summed E-state index contributed by atoms with van der Waals surface area (Å²) >= 11 is 3.33. The van der Waals surface area contributed by atoms with E-state index in [0.717, 1.165) is 22.2 Å². The topological polar surface area (TPSA) is 65.4 Å². The van der Waals surface area contributed by atoms with Gasteiger partial charge in [-0.25, -0.2) is 13.2 Å². The van der Waals surface area contributed by atoms with E-state index in [-0.39, 0.29) is 5.39 Å². The van der Waals surface area contributed by atoms with Crippen molar-refractivity contribution >= 4 is 37.0 Å². The van der Waals surface area contributed by atoms with Gasteiger partial charge in [0, 0.05) is 15.9 Å². The Balaban J connectivity index is 1.84. The lowest BCUT2D eigenvalue weighted by Gasteiger charge is -2.14. The summed E-state index contributed by atoms with van der Waals surface area (Å²) in [4.78, 5) is 11.9. The highest BCUT2D eigenvalue weighted by Crippen LogP contribution is 2.32. The fraction of sp³-hybridized carbons (Fsp3) is 0.0455. The number of aromatic nitrogens is 1. The molecule has 0 amide bonds. The lowest BCUT2D eigenvalue weighted by Crippen LogP contribution is -2.19. The monoisotopic (exact) mass is 559 g/mol. The molecule has 0 unspecified atom stereocenters. The van der Waals surface area contributed by atoms with Crippen LogP contribution in [-0.2, 0) is 10.1 Å². The van der Waals surface area contributed by atoms with E-state index in [0.29, 0.717) is 11.2 Å². The van der Waals surface area contributed by atoms with Crippen molar-refractivity contribution in [3.8, 4) is 11.4 Å². The van der Waals surface area contributed by atoms with Gasteiger partial charge in [-0.2, -0.15) is 17.2 Å². The van der Waals surface area contributed by atoms with Gasteiger partial charge < -0.3 is 4.18 Å². The minimum absolute atomic E-state index is 0.226. The van der Waals surface area contributed by atoms with Crippen LogP contribution < -0.4 is 9.74 Å². The van der Waals surface area contributed by atoms with Gasteiger partial charge in [-0.3, -0.25) is 9.36 Å². The first kappa shape index (κ1) is 23.9. The summed E-state index contributed by atoms with van der Waals surface area (Å²) in [5.41, 5.74) is 1.14. The molecule has 0 bridgehead atoms. The summed E-state index contributed by atoms with van der Waals surface area (Å²) in [6.45, 7) is 1.77. The Morgan fingerprint density at radius 1 is 0.824 bits per heavy atom. The maximum atomic E-state index is 13.9. The average molecular weight is 560 g/mol. The van der Waals surface area contributed by atoms with Crippen molar-refractivity contribution in [1.82, 2.24) is 4.57 Å². The van der Waals surface area contributed by atoms with Crippen LogP contribution in [0.2, 0.25) is 0 Å². The number of benzene rings is 3. The fourth-order valence-corrected chi connectivity index (χ4v) is 4.76. The van der Waals surface area contributed by atoms with E-state index in [1.165, 1.54) is 22.8 Å². The summed E-state index contributed by atoms with van der Waals surface area (Å²) in [5, 5.41) is 0.226. The Hall–Kier alpha value is -3.25. The number of hydrogen-bond donors (Lipinski definition) is 0. The molecule has 0 saturated carbocycles. The number of aryl methyl sites for hydroxylation is 1. The zero-order chi connectivity index (χ0) is 24.9. The summed E-state index contributed by atoms with van der Waals surface area (Å²) in [6, 6.07) is 10.9. The first-order valence-corrected chi connectivity index (χ1v) is 11.5. The third kappa shape index (κ3) is 3.96. The second-order valence-electron chi connectivity index (χ2n) is 7.09. The standard InChI is InChI=1S/C22H11BrF5NO4S/c1-10-8-12(23)3-5-14(10)29-15-6-4-13(9-11(15)2-7-16(29)30)34(31,32)33-22-20(27)18(25)17(24)19(26)21(22)28/h2-9H,1H3. The molecule has 0 spiro atoms. The molecule has 12 heteroatoms. The summed E-state index contributed by atoms with van der Waals surface area (Å²) in [6.07, 6.45) is 0. The van der Waals surface area contributed by atoms with Gasteiger partial charge in [0.1, 0.15) is 4.90 Å². The number of hydrogen-bond acceptors (Lipinski definition) is 4. The van der Waals surface area contributed by atoms with Crippen LogP contribution in [0.1, 0.15) is 5.56 Å². The summed E-state index contributed by atoms with van der Waals surface area (Å²) in [7, 11) is -5.03. The van der Waals surface area contributed by atoms with Crippen molar-refractivity contribution in [2.75, 3.05) is 0 Å². The quantitative estimate of drug-likeness (QED) is 0.143. The highest BCUT2D eigenvalue weighted by molar-refractivity contribution is 9.10. The molecule has 34 heavy (non-hydrogen) atoms. The van der Waals surface area contributed by atoms with Crippen LogP contribution in [0.5, 0.6) is 5.75 Å². The van der Waals surface area contributed by atoms with Crippen molar-refractivity contribution in [3.63, 3.8) is 0 Å². The molecule has 1 aromatic heterocycles. The molecule has 5 nitrogen and oxygen atoms in total. The fourth-order valence-electron chi connectivity index (χ4n) is 3.31. The van der Waals surface area contributed by atoms with Gasteiger partial charge in [0.2, 0.25) is 34.8 Å². The Kier molecular flexibility index (Phi) is 5.98. The van der Waals surface area contributed by atoms with E-state index in [1.54, 1.807) is 25.1 Å². The molecular weight excluding hydrogens is 549 g/mol. The maximum absolute atomic E-state index is 13.9. The Labute approximate surface area is 197 Å². The highest BCUT2D eigenvalue weighted by atomic mass is 79.9. The zero-order valence-electron chi connectivity index (χ0n) is 16.9. The van der Waals surface area contributed by atoms with Gasteiger partial charge in [0.15, 0.2) is 0 Å². The predicted molar refractivity (Wildman–Crippen MR) is 116 cm³/mol. The molecule has 1 heterocycles. The smallest absolute Gasteiger partial charge is 0.339 e. The number of halogens is 6. The minimum Gasteiger partial charge on any atom is -0.372 e. The van der Waals surface area contributed by atoms with Gasteiger partial charge in [0.25, 0.3) is 5.56 Å². The van der Waals surface area contributed by atoms with Gasteiger partial charge in [0.05, 0.1) is 11.2 Å². The van der Waals surface area contributed by atoms with Crippen molar-refractivity contribution < 1.29 is 34.6 Å². The lowest BCUT2D eigenvalue weighted by atomic mass is 10.1. The Morgan fingerprint density at radius 3 is 2.06 bits per heavy atom. The molecule has 0 aliphatic heterocycles.